The topological polar surface area (TPSA) is 82.2 Å². The van der Waals surface area contributed by atoms with Crippen molar-refractivity contribution in [1.29, 1.82) is 0 Å². The number of hydrogen-bond acceptors (Lipinski definition) is 4. The monoisotopic (exact) mass is 367 g/mol. The molecule has 2 aromatic heterocycles. The third-order valence-electron chi connectivity index (χ3n) is 5.62. The number of hydrogen-bond donors (Lipinski definition) is 1. The summed E-state index contributed by atoms with van der Waals surface area (Å²) >= 11 is 0. The lowest BCUT2D eigenvalue weighted by Gasteiger charge is -2.35. The lowest BCUT2D eigenvalue weighted by Crippen LogP contribution is -2.47. The second-order valence-corrected chi connectivity index (χ2v) is 7.47. The Morgan fingerprint density at radius 1 is 1.26 bits per heavy atom. The molecule has 0 aromatic carbocycles. The number of piperidine rings is 1. The van der Waals surface area contributed by atoms with E-state index in [1.807, 2.05) is 34.2 Å². The van der Waals surface area contributed by atoms with Crippen LogP contribution in [0.5, 0.6) is 0 Å². The second-order valence-electron chi connectivity index (χ2n) is 7.47. The summed E-state index contributed by atoms with van der Waals surface area (Å²) in [7, 11) is 0. The molecule has 27 heavy (non-hydrogen) atoms. The van der Waals surface area contributed by atoms with Gasteiger partial charge in [0.05, 0.1) is 24.4 Å². The van der Waals surface area contributed by atoms with E-state index in [2.05, 4.69) is 15.2 Å². The molecular formula is C20H25N5O2. The van der Waals surface area contributed by atoms with Crippen molar-refractivity contribution < 1.29 is 9.59 Å². The van der Waals surface area contributed by atoms with Gasteiger partial charge in [-0.05, 0) is 43.4 Å². The Kier molecular flexibility index (Phi) is 5.18. The van der Waals surface area contributed by atoms with Crippen molar-refractivity contribution in [2.24, 2.45) is 5.92 Å². The summed E-state index contributed by atoms with van der Waals surface area (Å²) in [6.45, 7) is 1.72. The van der Waals surface area contributed by atoms with Crippen molar-refractivity contribution in [1.82, 2.24) is 25.0 Å². The summed E-state index contributed by atoms with van der Waals surface area (Å²) in [4.78, 5) is 33.8. The van der Waals surface area contributed by atoms with Crippen molar-refractivity contribution in [3.8, 4) is 0 Å². The number of carbonyl (C=O) groups excluding carboxylic acids is 2. The van der Waals surface area contributed by atoms with Gasteiger partial charge in [0, 0.05) is 37.9 Å². The van der Waals surface area contributed by atoms with E-state index in [-0.39, 0.29) is 23.8 Å². The Morgan fingerprint density at radius 3 is 2.96 bits per heavy atom. The largest absolute Gasteiger partial charge is 0.340 e. The summed E-state index contributed by atoms with van der Waals surface area (Å²) in [6, 6.07) is 5.86. The third-order valence-corrected chi connectivity index (χ3v) is 5.62. The summed E-state index contributed by atoms with van der Waals surface area (Å²) in [5.74, 6) is 0.249. The molecule has 0 saturated carbocycles. The number of amides is 2. The highest BCUT2D eigenvalue weighted by Crippen LogP contribution is 2.30. The van der Waals surface area contributed by atoms with Crippen molar-refractivity contribution in [3.05, 3.63) is 48.0 Å². The molecule has 1 N–H and O–H groups in total. The number of aryl methyl sites for hydroxylation is 1. The Balaban J connectivity index is 1.38. The maximum absolute atomic E-state index is 12.9. The molecular weight excluding hydrogens is 342 g/mol. The molecule has 2 aromatic rings. The number of rotatable bonds is 6. The van der Waals surface area contributed by atoms with Crippen LogP contribution in [0, 0.1) is 5.92 Å². The highest BCUT2D eigenvalue weighted by atomic mass is 16.2. The maximum Gasteiger partial charge on any atom is 0.228 e. The van der Waals surface area contributed by atoms with Crippen molar-refractivity contribution >= 4 is 11.8 Å². The predicted octanol–water partition coefficient (Wildman–Crippen LogP) is 1.78. The Labute approximate surface area is 158 Å². The van der Waals surface area contributed by atoms with E-state index in [9.17, 15) is 9.59 Å². The summed E-state index contributed by atoms with van der Waals surface area (Å²) in [5, 5.41) is 6.73. The van der Waals surface area contributed by atoms with Crippen LogP contribution in [0.2, 0.25) is 0 Å². The molecule has 142 valence electrons. The fourth-order valence-electron chi connectivity index (χ4n) is 4.13. The minimum Gasteiger partial charge on any atom is -0.340 e. The van der Waals surface area contributed by atoms with Crippen molar-refractivity contribution in [3.63, 3.8) is 0 Å². The first-order valence-corrected chi connectivity index (χ1v) is 9.66. The molecule has 5 rings (SSSR count). The van der Waals surface area contributed by atoms with Gasteiger partial charge in [0.2, 0.25) is 11.8 Å². The number of carbonyl (C=O) groups is 2. The zero-order valence-corrected chi connectivity index (χ0v) is 15.4. The molecule has 3 aliphatic rings. The molecule has 0 aliphatic carbocycles. The maximum atomic E-state index is 12.9. The lowest BCUT2D eigenvalue weighted by molar-refractivity contribution is -0.140. The fraction of sp³-hybridized carbons (Fsp3) is 0.500. The molecule has 3 fully saturated rings. The van der Waals surface area contributed by atoms with Gasteiger partial charge in [-0.3, -0.25) is 19.7 Å². The van der Waals surface area contributed by atoms with Crippen molar-refractivity contribution in [2.75, 3.05) is 13.1 Å². The molecule has 0 radical (unpaired) electrons. The number of H-pyrrole nitrogens is 1. The highest BCUT2D eigenvalue weighted by Gasteiger charge is 2.41. The minimum atomic E-state index is -0.0784. The molecule has 3 saturated heterocycles. The Morgan fingerprint density at radius 2 is 2.19 bits per heavy atom. The first-order valence-electron chi connectivity index (χ1n) is 9.66. The number of nitrogens with zero attached hydrogens (tertiary/aromatic N) is 4. The molecule has 2 atom stereocenters. The van der Waals surface area contributed by atoms with Crippen LogP contribution in [0.25, 0.3) is 0 Å². The molecule has 7 nitrogen and oxygen atoms in total. The molecule has 0 unspecified atom stereocenters. The van der Waals surface area contributed by atoms with Crippen LogP contribution in [0.3, 0.4) is 0 Å². The van der Waals surface area contributed by atoms with E-state index in [4.69, 9.17) is 0 Å². The van der Waals surface area contributed by atoms with Crippen LogP contribution in [0.4, 0.5) is 0 Å². The van der Waals surface area contributed by atoms with E-state index in [0.29, 0.717) is 26.1 Å². The molecule has 0 spiro atoms. The van der Waals surface area contributed by atoms with Gasteiger partial charge in [-0.15, -0.1) is 0 Å². The van der Waals surface area contributed by atoms with Gasteiger partial charge >= 0.3 is 0 Å². The number of pyridine rings is 1. The van der Waals surface area contributed by atoms with Gasteiger partial charge in [-0.1, -0.05) is 6.07 Å². The molecule has 3 aliphatic heterocycles. The van der Waals surface area contributed by atoms with E-state index in [1.54, 1.807) is 12.4 Å². The predicted molar refractivity (Wildman–Crippen MR) is 99.4 cm³/mol. The van der Waals surface area contributed by atoms with Gasteiger partial charge < -0.3 is 9.80 Å². The van der Waals surface area contributed by atoms with E-state index >= 15 is 0 Å². The van der Waals surface area contributed by atoms with Crippen LogP contribution in [0.1, 0.15) is 36.9 Å². The summed E-state index contributed by atoms with van der Waals surface area (Å²) < 4.78 is 0. The van der Waals surface area contributed by atoms with Crippen LogP contribution in [-0.4, -0.2) is 55.9 Å². The molecule has 7 heteroatoms. The first-order chi connectivity index (χ1) is 13.2. The van der Waals surface area contributed by atoms with Gasteiger partial charge in [0.25, 0.3) is 0 Å². The smallest absolute Gasteiger partial charge is 0.228 e. The van der Waals surface area contributed by atoms with Crippen LogP contribution in [0.15, 0.2) is 36.8 Å². The number of fused-ring (bicyclic) bond motifs is 4. The van der Waals surface area contributed by atoms with E-state index in [1.165, 1.54) is 0 Å². The highest BCUT2D eigenvalue weighted by molar-refractivity contribution is 5.83. The molecule has 5 heterocycles. The number of aromatic nitrogens is 3. The number of nitrogens with one attached hydrogen (secondary N) is 1. The van der Waals surface area contributed by atoms with Gasteiger partial charge in [0.15, 0.2) is 0 Å². The quantitative estimate of drug-likeness (QED) is 0.844. The zero-order valence-electron chi connectivity index (χ0n) is 15.4. The van der Waals surface area contributed by atoms with E-state index in [0.717, 1.165) is 36.9 Å². The van der Waals surface area contributed by atoms with Gasteiger partial charge in [-0.25, -0.2) is 0 Å². The van der Waals surface area contributed by atoms with Crippen LogP contribution in [-0.2, 0) is 22.6 Å². The van der Waals surface area contributed by atoms with Gasteiger partial charge in [0.1, 0.15) is 0 Å². The summed E-state index contributed by atoms with van der Waals surface area (Å²) in [6.07, 6.45) is 9.41. The normalized spacial score (nSPS) is 22.1. The zero-order chi connectivity index (χ0) is 18.6. The Hall–Kier alpha value is -2.70. The standard InChI is InChI=1S/C20H25N5O2/c26-19(6-3-4-15-10-22-23-11-15)24-12-16-7-8-18(14-24)25(20(16)27)13-17-5-1-2-9-21-17/h1-2,5,9-11,16,18H,3-4,6-8,12-14H2,(H,22,23)/t16-,18+/m0/s1. The Bertz CT molecular complexity index is 777. The second kappa shape index (κ2) is 7.90. The average molecular weight is 367 g/mol. The first kappa shape index (κ1) is 17.7. The average Bonchev–Trinajstić information content (AvgIpc) is 3.05. The van der Waals surface area contributed by atoms with E-state index < -0.39 is 0 Å². The van der Waals surface area contributed by atoms with Crippen molar-refractivity contribution in [2.45, 2.75) is 44.7 Å². The molecule has 2 bridgehead atoms. The molecule has 2 amide bonds. The number of aromatic amines is 1. The third kappa shape index (κ3) is 4.02. The minimum absolute atomic E-state index is 0.0784. The summed E-state index contributed by atoms with van der Waals surface area (Å²) in [5.41, 5.74) is 2.02. The fourth-order valence-corrected chi connectivity index (χ4v) is 4.13. The lowest BCUT2D eigenvalue weighted by atomic mass is 9.94. The van der Waals surface area contributed by atoms with Crippen LogP contribution < -0.4 is 0 Å². The SMILES string of the molecule is O=C(CCCc1cn[nH]c1)N1C[C@@H]2CC[C@H](C1)N(Cc1ccccn1)C2=O. The van der Waals surface area contributed by atoms with Crippen LogP contribution >= 0.6 is 0 Å². The van der Waals surface area contributed by atoms with Gasteiger partial charge in [-0.2, -0.15) is 5.10 Å².